The highest BCUT2D eigenvalue weighted by atomic mass is 19.4. The Kier molecular flexibility index (Phi) is 6.47. The molecule has 1 aromatic heterocycles. The molecule has 1 heterocycles. The summed E-state index contributed by atoms with van der Waals surface area (Å²) in [6, 6.07) is 10.2. The lowest BCUT2D eigenvalue weighted by molar-refractivity contribution is -0.143. The Balaban J connectivity index is 1.83. The van der Waals surface area contributed by atoms with Crippen LogP contribution in [0, 0.1) is 0 Å². The SMILES string of the molecule is COc1ccc(CCNC(=O)c2cnn(-c3cccc(C(F)(F)F)c3)c2C(F)(F)F)cc1. The Morgan fingerprint density at radius 2 is 1.72 bits per heavy atom. The molecular weight excluding hydrogens is 440 g/mol. The minimum Gasteiger partial charge on any atom is -0.497 e. The van der Waals surface area contributed by atoms with E-state index in [0.29, 0.717) is 24.4 Å². The van der Waals surface area contributed by atoms with Gasteiger partial charge in [-0.25, -0.2) is 4.68 Å². The number of hydrogen-bond donors (Lipinski definition) is 1. The molecule has 0 bridgehead atoms. The summed E-state index contributed by atoms with van der Waals surface area (Å²) in [6.07, 6.45) is -8.75. The van der Waals surface area contributed by atoms with E-state index in [1.54, 1.807) is 24.3 Å². The van der Waals surface area contributed by atoms with E-state index in [-0.39, 0.29) is 11.2 Å². The summed E-state index contributed by atoms with van der Waals surface area (Å²) in [5.74, 6) is -0.404. The fourth-order valence-electron chi connectivity index (χ4n) is 3.00. The molecular formula is C21H17F6N3O2. The largest absolute Gasteiger partial charge is 0.497 e. The highest BCUT2D eigenvalue weighted by molar-refractivity contribution is 5.95. The van der Waals surface area contributed by atoms with Crippen molar-refractivity contribution in [1.82, 2.24) is 15.1 Å². The Morgan fingerprint density at radius 3 is 2.31 bits per heavy atom. The topological polar surface area (TPSA) is 56.1 Å². The molecule has 0 aliphatic rings. The van der Waals surface area contributed by atoms with Gasteiger partial charge in [-0.15, -0.1) is 0 Å². The third-order valence-corrected chi connectivity index (χ3v) is 4.56. The molecule has 170 valence electrons. The van der Waals surface area contributed by atoms with E-state index >= 15 is 0 Å². The van der Waals surface area contributed by atoms with E-state index in [2.05, 4.69) is 10.4 Å². The summed E-state index contributed by atoms with van der Waals surface area (Å²) in [7, 11) is 1.51. The maximum atomic E-state index is 13.7. The van der Waals surface area contributed by atoms with Crippen LogP contribution in [-0.2, 0) is 18.8 Å². The van der Waals surface area contributed by atoms with Crippen molar-refractivity contribution < 1.29 is 35.9 Å². The molecule has 32 heavy (non-hydrogen) atoms. The first-order valence-electron chi connectivity index (χ1n) is 9.24. The normalized spacial score (nSPS) is 12.0. The van der Waals surface area contributed by atoms with Crippen molar-refractivity contribution in [1.29, 1.82) is 0 Å². The predicted octanol–water partition coefficient (Wildman–Crippen LogP) is 4.89. The number of amides is 1. The zero-order valence-electron chi connectivity index (χ0n) is 16.6. The summed E-state index contributed by atoms with van der Waals surface area (Å²) in [5.41, 5.74) is -3.03. The Hall–Kier alpha value is -3.50. The number of methoxy groups -OCH3 is 1. The van der Waals surface area contributed by atoms with Gasteiger partial charge in [0.05, 0.1) is 30.1 Å². The van der Waals surface area contributed by atoms with Crippen LogP contribution in [0.3, 0.4) is 0 Å². The van der Waals surface area contributed by atoms with E-state index in [0.717, 1.165) is 23.8 Å². The lowest BCUT2D eigenvalue weighted by atomic mass is 10.1. The number of nitrogens with zero attached hydrogens (tertiary/aromatic N) is 2. The van der Waals surface area contributed by atoms with Crippen molar-refractivity contribution >= 4 is 5.91 Å². The van der Waals surface area contributed by atoms with Crippen LogP contribution in [0.2, 0.25) is 0 Å². The van der Waals surface area contributed by atoms with Crippen molar-refractivity contribution in [3.05, 3.63) is 77.1 Å². The first-order valence-corrected chi connectivity index (χ1v) is 9.24. The van der Waals surface area contributed by atoms with Gasteiger partial charge in [-0.05, 0) is 42.3 Å². The van der Waals surface area contributed by atoms with Crippen LogP contribution >= 0.6 is 0 Å². The highest BCUT2D eigenvalue weighted by Crippen LogP contribution is 2.35. The fraction of sp³-hybridized carbons (Fsp3) is 0.238. The first kappa shape index (κ1) is 23.2. The number of carbonyl (C=O) groups excluding carboxylic acids is 1. The van der Waals surface area contributed by atoms with Gasteiger partial charge in [-0.1, -0.05) is 18.2 Å². The number of carbonyl (C=O) groups is 1. The van der Waals surface area contributed by atoms with Crippen molar-refractivity contribution in [2.45, 2.75) is 18.8 Å². The summed E-state index contributed by atoms with van der Waals surface area (Å²) in [6.45, 7) is 0.0389. The second-order valence-electron chi connectivity index (χ2n) is 6.72. The van der Waals surface area contributed by atoms with E-state index in [4.69, 9.17) is 4.74 Å². The van der Waals surface area contributed by atoms with E-state index in [9.17, 15) is 31.1 Å². The summed E-state index contributed by atoms with van der Waals surface area (Å²) in [4.78, 5) is 12.4. The maximum absolute atomic E-state index is 13.7. The van der Waals surface area contributed by atoms with Crippen molar-refractivity contribution in [2.75, 3.05) is 13.7 Å². The van der Waals surface area contributed by atoms with Gasteiger partial charge in [-0.3, -0.25) is 4.79 Å². The van der Waals surface area contributed by atoms with Gasteiger partial charge in [0.2, 0.25) is 0 Å². The van der Waals surface area contributed by atoms with Gasteiger partial charge in [0.15, 0.2) is 5.69 Å². The van der Waals surface area contributed by atoms with E-state index in [1.165, 1.54) is 7.11 Å². The Labute approximate surface area is 178 Å². The van der Waals surface area contributed by atoms with Crippen LogP contribution in [0.5, 0.6) is 5.75 Å². The van der Waals surface area contributed by atoms with Crippen LogP contribution in [0.25, 0.3) is 5.69 Å². The third-order valence-electron chi connectivity index (χ3n) is 4.56. The minimum absolute atomic E-state index is 0.0389. The monoisotopic (exact) mass is 457 g/mol. The van der Waals surface area contributed by atoms with E-state index in [1.807, 2.05) is 0 Å². The van der Waals surface area contributed by atoms with Gasteiger partial charge < -0.3 is 10.1 Å². The lowest BCUT2D eigenvalue weighted by Crippen LogP contribution is -2.28. The molecule has 3 aromatic rings. The molecule has 0 atom stereocenters. The molecule has 5 nitrogen and oxygen atoms in total. The molecule has 0 saturated carbocycles. The first-order chi connectivity index (χ1) is 15.0. The minimum atomic E-state index is -5.03. The standard InChI is InChI=1S/C21H17F6N3O2/c1-32-16-7-5-13(6-8-16)9-10-28-19(31)17-12-29-30(18(17)21(25,26)27)15-4-2-3-14(11-15)20(22,23)24/h2-8,11-12H,9-10H2,1H3,(H,28,31). The summed E-state index contributed by atoms with van der Waals surface area (Å²) < 4.78 is 85.3. The fourth-order valence-corrected chi connectivity index (χ4v) is 3.00. The molecule has 1 amide bonds. The summed E-state index contributed by atoms with van der Waals surface area (Å²) in [5, 5.41) is 5.92. The van der Waals surface area contributed by atoms with Gasteiger partial charge in [-0.2, -0.15) is 31.4 Å². The zero-order chi connectivity index (χ0) is 23.5. The molecule has 3 rings (SSSR count). The second-order valence-corrected chi connectivity index (χ2v) is 6.72. The lowest BCUT2D eigenvalue weighted by Gasteiger charge is -2.14. The predicted molar refractivity (Wildman–Crippen MR) is 103 cm³/mol. The molecule has 0 aliphatic heterocycles. The zero-order valence-corrected chi connectivity index (χ0v) is 16.6. The summed E-state index contributed by atoms with van der Waals surface area (Å²) >= 11 is 0. The van der Waals surface area contributed by atoms with Crippen molar-refractivity contribution in [3.63, 3.8) is 0 Å². The number of rotatable bonds is 6. The molecule has 0 saturated heterocycles. The number of hydrogen-bond acceptors (Lipinski definition) is 3. The van der Waals surface area contributed by atoms with Crippen LogP contribution in [0.4, 0.5) is 26.3 Å². The van der Waals surface area contributed by atoms with Gasteiger partial charge in [0, 0.05) is 6.54 Å². The number of halogens is 6. The van der Waals surface area contributed by atoms with Crippen molar-refractivity contribution in [2.24, 2.45) is 0 Å². The number of benzene rings is 2. The molecule has 1 N–H and O–H groups in total. The molecule has 0 aliphatic carbocycles. The number of alkyl halides is 6. The Morgan fingerprint density at radius 1 is 1.03 bits per heavy atom. The van der Waals surface area contributed by atoms with Crippen LogP contribution in [-0.4, -0.2) is 29.3 Å². The second kappa shape index (κ2) is 8.93. The number of nitrogens with one attached hydrogen (secondary N) is 1. The average molecular weight is 457 g/mol. The molecule has 0 radical (unpaired) electrons. The van der Waals surface area contributed by atoms with Gasteiger partial charge >= 0.3 is 12.4 Å². The quantitative estimate of drug-likeness (QED) is 0.537. The van der Waals surface area contributed by atoms with Gasteiger partial charge in [0.1, 0.15) is 5.75 Å². The van der Waals surface area contributed by atoms with Crippen LogP contribution in [0.1, 0.15) is 27.2 Å². The number of ether oxygens (including phenoxy) is 1. The molecule has 2 aromatic carbocycles. The van der Waals surface area contributed by atoms with Gasteiger partial charge in [0.25, 0.3) is 5.91 Å². The Bertz CT molecular complexity index is 1090. The molecule has 0 fully saturated rings. The average Bonchev–Trinajstić information content (AvgIpc) is 3.20. The van der Waals surface area contributed by atoms with Crippen LogP contribution < -0.4 is 10.1 Å². The smallest absolute Gasteiger partial charge is 0.434 e. The molecule has 0 spiro atoms. The maximum Gasteiger partial charge on any atom is 0.434 e. The highest BCUT2D eigenvalue weighted by Gasteiger charge is 2.41. The van der Waals surface area contributed by atoms with Crippen LogP contribution in [0.15, 0.2) is 54.7 Å². The van der Waals surface area contributed by atoms with Crippen molar-refractivity contribution in [3.8, 4) is 11.4 Å². The third kappa shape index (κ3) is 5.21. The number of aromatic nitrogens is 2. The molecule has 0 unspecified atom stereocenters. The molecule has 11 heteroatoms. The van der Waals surface area contributed by atoms with E-state index < -0.39 is 40.8 Å².